The molecule has 24 heavy (non-hydrogen) atoms. The first-order valence-corrected chi connectivity index (χ1v) is 8.51. The molecular weight excluding hydrogens is 426 g/mol. The van der Waals surface area contributed by atoms with E-state index in [9.17, 15) is 14.0 Å². The second-order valence-electron chi connectivity index (χ2n) is 5.91. The summed E-state index contributed by atoms with van der Waals surface area (Å²) in [5, 5.41) is 0. The van der Waals surface area contributed by atoms with Crippen LogP contribution in [0.5, 0.6) is 0 Å². The molecule has 1 aliphatic carbocycles. The lowest BCUT2D eigenvalue weighted by molar-refractivity contribution is 0.612. The third kappa shape index (κ3) is 3.28. The van der Waals surface area contributed by atoms with Crippen LogP contribution in [0.3, 0.4) is 0 Å². The van der Waals surface area contributed by atoms with Crippen molar-refractivity contribution in [1.29, 1.82) is 0 Å². The van der Waals surface area contributed by atoms with E-state index >= 15 is 0 Å². The highest BCUT2D eigenvalue weighted by atomic mass is 127. The average molecular weight is 442 g/mol. The summed E-state index contributed by atoms with van der Waals surface area (Å²) in [5.74, 6) is -0.291. The molecule has 0 amide bonds. The van der Waals surface area contributed by atoms with E-state index in [1.165, 1.54) is 18.5 Å². The third-order valence-corrected chi connectivity index (χ3v) is 4.34. The van der Waals surface area contributed by atoms with Gasteiger partial charge in [0.2, 0.25) is 0 Å². The maximum absolute atomic E-state index is 14.4. The van der Waals surface area contributed by atoms with Crippen molar-refractivity contribution < 1.29 is 4.39 Å². The number of H-pyrrole nitrogens is 1. The Morgan fingerprint density at radius 1 is 1.38 bits per heavy atom. The van der Waals surface area contributed by atoms with Crippen LogP contribution < -0.4 is 11.2 Å². The molecule has 1 fully saturated rings. The number of nitrogens with zero attached hydrogens (tertiary/aromatic N) is 3. The van der Waals surface area contributed by atoms with Gasteiger partial charge in [-0.3, -0.25) is 9.78 Å². The van der Waals surface area contributed by atoms with Gasteiger partial charge in [-0.2, -0.15) is 0 Å². The first-order chi connectivity index (χ1) is 11.4. The fourth-order valence-corrected chi connectivity index (χ4v) is 2.92. The van der Waals surface area contributed by atoms with E-state index in [2.05, 4.69) is 9.98 Å². The summed E-state index contributed by atoms with van der Waals surface area (Å²) in [7, 11) is 3.56. The molecule has 1 saturated carbocycles. The Bertz CT molecular complexity index is 929. The summed E-state index contributed by atoms with van der Waals surface area (Å²) in [6, 6.07) is 4.55. The van der Waals surface area contributed by atoms with Crippen molar-refractivity contribution in [3.8, 4) is 5.69 Å². The van der Waals surface area contributed by atoms with Gasteiger partial charge in [-0.1, -0.05) is 0 Å². The molecule has 0 radical (unpaired) electrons. The lowest BCUT2D eigenvalue weighted by Gasteiger charge is -2.14. The molecule has 8 heteroatoms. The summed E-state index contributed by atoms with van der Waals surface area (Å²) in [5.41, 5.74) is -0.638. The first-order valence-electron chi connectivity index (χ1n) is 7.43. The van der Waals surface area contributed by atoms with Crippen molar-refractivity contribution in [3.63, 3.8) is 0 Å². The number of aromatic nitrogens is 2. The molecule has 126 valence electrons. The zero-order valence-electron chi connectivity index (χ0n) is 13.2. The normalized spacial score (nSPS) is 14.3. The number of benzene rings is 1. The number of nitrogens with one attached hydrogen (secondary N) is 1. The zero-order valence-corrected chi connectivity index (χ0v) is 15.4. The SMILES string of the molecule is CN(C)C=Nc1c(C2CC2)c(=O)[nH]c(=O)n1-c1ccc(I)cc1F. The van der Waals surface area contributed by atoms with Gasteiger partial charge in [-0.15, -0.1) is 0 Å². The van der Waals surface area contributed by atoms with Crippen LogP contribution in [0.25, 0.3) is 5.69 Å². The topological polar surface area (TPSA) is 70.5 Å². The van der Waals surface area contributed by atoms with Gasteiger partial charge < -0.3 is 4.90 Å². The van der Waals surface area contributed by atoms with Crippen molar-refractivity contribution in [2.75, 3.05) is 14.1 Å². The summed E-state index contributed by atoms with van der Waals surface area (Å²) in [6.45, 7) is 0. The highest BCUT2D eigenvalue weighted by Crippen LogP contribution is 2.42. The number of aromatic amines is 1. The lowest BCUT2D eigenvalue weighted by atomic mass is 10.2. The van der Waals surface area contributed by atoms with Gasteiger partial charge in [-0.05, 0) is 59.5 Å². The van der Waals surface area contributed by atoms with Crippen LogP contribution in [0.4, 0.5) is 10.2 Å². The predicted octanol–water partition coefficient (Wildman–Crippen LogP) is 2.37. The van der Waals surface area contributed by atoms with E-state index in [1.807, 2.05) is 22.6 Å². The minimum absolute atomic E-state index is 0.0572. The van der Waals surface area contributed by atoms with Crippen molar-refractivity contribution in [2.45, 2.75) is 18.8 Å². The average Bonchev–Trinajstić information content (AvgIpc) is 3.30. The summed E-state index contributed by atoms with van der Waals surface area (Å²) in [6.07, 6.45) is 3.23. The third-order valence-electron chi connectivity index (χ3n) is 3.67. The second kappa shape index (κ2) is 6.50. The molecule has 0 aliphatic heterocycles. The molecule has 1 N–H and O–H groups in total. The first kappa shape index (κ1) is 16.9. The molecule has 0 spiro atoms. The molecule has 0 bridgehead atoms. The number of hydrogen-bond acceptors (Lipinski definition) is 3. The van der Waals surface area contributed by atoms with E-state index in [-0.39, 0.29) is 17.4 Å². The maximum atomic E-state index is 14.4. The molecular formula is C16H16FIN4O2. The van der Waals surface area contributed by atoms with Gasteiger partial charge in [0.25, 0.3) is 5.56 Å². The second-order valence-corrected chi connectivity index (χ2v) is 7.16. The van der Waals surface area contributed by atoms with E-state index in [0.717, 1.165) is 17.4 Å². The van der Waals surface area contributed by atoms with E-state index in [4.69, 9.17) is 0 Å². The summed E-state index contributed by atoms with van der Waals surface area (Å²) in [4.78, 5) is 32.9. The van der Waals surface area contributed by atoms with Crippen LogP contribution in [-0.2, 0) is 0 Å². The Morgan fingerprint density at radius 3 is 2.67 bits per heavy atom. The molecule has 0 saturated heterocycles. The number of halogens is 2. The van der Waals surface area contributed by atoms with Crippen LogP contribution in [0.2, 0.25) is 0 Å². The van der Waals surface area contributed by atoms with Crippen LogP contribution in [0.15, 0.2) is 32.8 Å². The Kier molecular flexibility index (Phi) is 4.57. The van der Waals surface area contributed by atoms with Crippen LogP contribution in [-0.4, -0.2) is 34.9 Å². The van der Waals surface area contributed by atoms with Crippen LogP contribution >= 0.6 is 22.6 Å². The minimum atomic E-state index is -0.699. The molecule has 2 aromatic rings. The molecule has 0 unspecified atom stereocenters. The minimum Gasteiger partial charge on any atom is -0.369 e. The summed E-state index contributed by atoms with van der Waals surface area (Å²) < 4.78 is 16.3. The summed E-state index contributed by atoms with van der Waals surface area (Å²) >= 11 is 2.00. The van der Waals surface area contributed by atoms with Crippen LogP contribution in [0, 0.1) is 9.39 Å². The highest BCUT2D eigenvalue weighted by Gasteiger charge is 2.31. The fourth-order valence-electron chi connectivity index (χ4n) is 2.46. The molecule has 1 aromatic heterocycles. The van der Waals surface area contributed by atoms with Gasteiger partial charge in [0.05, 0.1) is 17.6 Å². The zero-order chi connectivity index (χ0) is 17.4. The Hall–Kier alpha value is -1.97. The van der Waals surface area contributed by atoms with Gasteiger partial charge in [0, 0.05) is 17.7 Å². The predicted molar refractivity (Wildman–Crippen MR) is 99.1 cm³/mol. The molecule has 1 aliphatic rings. The van der Waals surface area contributed by atoms with Crippen LogP contribution in [0.1, 0.15) is 24.3 Å². The Balaban J connectivity index is 2.33. The Labute approximate surface area is 151 Å². The van der Waals surface area contributed by atoms with E-state index in [1.54, 1.807) is 25.1 Å². The quantitative estimate of drug-likeness (QED) is 0.449. The van der Waals surface area contributed by atoms with Crippen molar-refractivity contribution in [1.82, 2.24) is 14.5 Å². The van der Waals surface area contributed by atoms with Crippen molar-refractivity contribution >= 4 is 34.7 Å². The van der Waals surface area contributed by atoms with Gasteiger partial charge in [0.1, 0.15) is 5.82 Å². The largest absolute Gasteiger partial charge is 0.369 e. The molecule has 6 nitrogen and oxygen atoms in total. The number of aliphatic imine (C=N–C) groups is 1. The van der Waals surface area contributed by atoms with Gasteiger partial charge >= 0.3 is 5.69 Å². The van der Waals surface area contributed by atoms with Gasteiger partial charge in [-0.25, -0.2) is 18.7 Å². The van der Waals surface area contributed by atoms with Crippen molar-refractivity contribution in [3.05, 3.63) is 54.0 Å². The standard InChI is InChI=1S/C16H16FIN4O2/c1-21(2)8-19-14-13(9-3-4-9)15(23)20-16(24)22(14)12-6-5-10(18)7-11(12)17/h5-9H,3-4H2,1-2H3,(H,20,23,24). The molecule has 3 rings (SSSR count). The number of hydrogen-bond donors (Lipinski definition) is 1. The fraction of sp³-hybridized carbons (Fsp3) is 0.312. The molecule has 1 aromatic carbocycles. The van der Waals surface area contributed by atoms with Gasteiger partial charge in [0.15, 0.2) is 5.82 Å². The maximum Gasteiger partial charge on any atom is 0.334 e. The highest BCUT2D eigenvalue weighted by molar-refractivity contribution is 14.1. The Morgan fingerprint density at radius 2 is 2.08 bits per heavy atom. The smallest absolute Gasteiger partial charge is 0.334 e. The van der Waals surface area contributed by atoms with Crippen molar-refractivity contribution in [2.24, 2.45) is 4.99 Å². The molecule has 1 heterocycles. The molecule has 0 atom stereocenters. The van der Waals surface area contributed by atoms with E-state index < -0.39 is 17.1 Å². The van der Waals surface area contributed by atoms with E-state index in [0.29, 0.717) is 9.13 Å². The number of rotatable bonds is 4. The lowest BCUT2D eigenvalue weighted by Crippen LogP contribution is -2.32. The monoisotopic (exact) mass is 442 g/mol.